The molecule has 1 aromatic carbocycles. The van der Waals surface area contributed by atoms with Gasteiger partial charge in [0.2, 0.25) is 0 Å². The lowest BCUT2D eigenvalue weighted by molar-refractivity contribution is 0.143. The van der Waals surface area contributed by atoms with Crippen LogP contribution in [0.5, 0.6) is 11.5 Å². The standard InChI is InChI=1S/C19H32ClN3O3/c1-5-21-19(22-10-8-9-11-25-6-2)23-14-15-12-16(20)18(26-7-3)17(13-15)24-4/h12-13H,5-11,14H2,1-4H3,(H2,21,22,23). The van der Waals surface area contributed by atoms with Crippen molar-refractivity contribution < 1.29 is 14.2 Å². The fourth-order valence-electron chi connectivity index (χ4n) is 2.34. The quantitative estimate of drug-likeness (QED) is 0.327. The normalized spacial score (nSPS) is 11.3. The third kappa shape index (κ3) is 8.15. The molecule has 0 radical (unpaired) electrons. The number of guanidine groups is 1. The van der Waals surface area contributed by atoms with Crippen molar-refractivity contribution in [2.24, 2.45) is 4.99 Å². The van der Waals surface area contributed by atoms with Crippen LogP contribution in [-0.2, 0) is 11.3 Å². The molecule has 0 spiro atoms. The second-order valence-corrected chi connectivity index (χ2v) is 5.98. The van der Waals surface area contributed by atoms with Crippen LogP contribution < -0.4 is 20.1 Å². The molecule has 0 heterocycles. The highest BCUT2D eigenvalue weighted by Crippen LogP contribution is 2.36. The molecule has 0 aliphatic carbocycles. The van der Waals surface area contributed by atoms with E-state index in [1.54, 1.807) is 7.11 Å². The highest BCUT2D eigenvalue weighted by molar-refractivity contribution is 6.32. The first kappa shape index (κ1) is 22.4. The molecule has 0 aromatic heterocycles. The molecule has 7 heteroatoms. The second kappa shape index (κ2) is 13.5. The Kier molecular flexibility index (Phi) is 11.6. The number of ether oxygens (including phenoxy) is 3. The van der Waals surface area contributed by atoms with E-state index in [-0.39, 0.29) is 0 Å². The summed E-state index contributed by atoms with van der Waals surface area (Å²) in [5.74, 6) is 1.98. The van der Waals surface area contributed by atoms with Gasteiger partial charge in [-0.1, -0.05) is 11.6 Å². The molecule has 0 fully saturated rings. The summed E-state index contributed by atoms with van der Waals surface area (Å²) >= 11 is 6.32. The Morgan fingerprint density at radius 3 is 2.58 bits per heavy atom. The van der Waals surface area contributed by atoms with Gasteiger partial charge in [0.25, 0.3) is 0 Å². The fraction of sp³-hybridized carbons (Fsp3) is 0.632. The van der Waals surface area contributed by atoms with E-state index in [0.717, 1.165) is 50.7 Å². The molecule has 6 nitrogen and oxygen atoms in total. The zero-order valence-electron chi connectivity index (χ0n) is 16.4. The Labute approximate surface area is 162 Å². The van der Waals surface area contributed by atoms with Crippen molar-refractivity contribution in [2.45, 2.75) is 40.2 Å². The molecule has 0 saturated heterocycles. The van der Waals surface area contributed by atoms with E-state index >= 15 is 0 Å². The lowest BCUT2D eigenvalue weighted by Crippen LogP contribution is -2.37. The summed E-state index contributed by atoms with van der Waals surface area (Å²) in [6, 6.07) is 3.77. The predicted molar refractivity (Wildman–Crippen MR) is 108 cm³/mol. The van der Waals surface area contributed by atoms with Gasteiger partial charge in [-0.3, -0.25) is 0 Å². The molecule has 0 atom stereocenters. The molecule has 1 aromatic rings. The van der Waals surface area contributed by atoms with Crippen LogP contribution in [0, 0.1) is 0 Å². The first-order chi connectivity index (χ1) is 12.7. The average Bonchev–Trinajstić information content (AvgIpc) is 2.64. The number of nitrogens with zero attached hydrogens (tertiary/aromatic N) is 1. The Morgan fingerprint density at radius 2 is 1.92 bits per heavy atom. The number of hydrogen-bond donors (Lipinski definition) is 2. The van der Waals surface area contributed by atoms with Crippen LogP contribution >= 0.6 is 11.6 Å². The molecule has 0 aliphatic heterocycles. The number of methoxy groups -OCH3 is 1. The van der Waals surface area contributed by atoms with Crippen molar-refractivity contribution in [3.63, 3.8) is 0 Å². The predicted octanol–water partition coefficient (Wildman–Crippen LogP) is 3.62. The molecule has 1 rings (SSSR count). The topological polar surface area (TPSA) is 64.1 Å². The van der Waals surface area contributed by atoms with Gasteiger partial charge in [-0.2, -0.15) is 0 Å². The van der Waals surface area contributed by atoms with E-state index in [9.17, 15) is 0 Å². The first-order valence-corrected chi connectivity index (χ1v) is 9.63. The van der Waals surface area contributed by atoms with Crippen LogP contribution in [0.25, 0.3) is 0 Å². The Balaban J connectivity index is 2.66. The van der Waals surface area contributed by atoms with E-state index in [2.05, 4.69) is 15.6 Å². The van der Waals surface area contributed by atoms with Gasteiger partial charge in [-0.05, 0) is 51.3 Å². The van der Waals surface area contributed by atoms with Crippen LogP contribution in [0.3, 0.4) is 0 Å². The van der Waals surface area contributed by atoms with Crippen LogP contribution in [0.15, 0.2) is 17.1 Å². The molecular formula is C19H32ClN3O3. The van der Waals surface area contributed by atoms with Gasteiger partial charge in [0.15, 0.2) is 17.5 Å². The van der Waals surface area contributed by atoms with E-state index in [1.807, 2.05) is 32.9 Å². The maximum Gasteiger partial charge on any atom is 0.191 e. The minimum Gasteiger partial charge on any atom is -0.493 e. The van der Waals surface area contributed by atoms with E-state index in [4.69, 9.17) is 25.8 Å². The minimum absolute atomic E-state index is 0.497. The summed E-state index contributed by atoms with van der Waals surface area (Å²) in [6.07, 6.45) is 2.07. The largest absolute Gasteiger partial charge is 0.493 e. The first-order valence-electron chi connectivity index (χ1n) is 9.25. The molecule has 0 unspecified atom stereocenters. The summed E-state index contributed by atoms with van der Waals surface area (Å²) in [4.78, 5) is 4.62. The van der Waals surface area contributed by atoms with Gasteiger partial charge >= 0.3 is 0 Å². The van der Waals surface area contributed by atoms with Crippen molar-refractivity contribution in [3.05, 3.63) is 22.7 Å². The number of benzene rings is 1. The fourth-order valence-corrected chi connectivity index (χ4v) is 2.63. The summed E-state index contributed by atoms with van der Waals surface area (Å²) in [6.45, 7) is 10.2. The molecule has 0 amide bonds. The van der Waals surface area contributed by atoms with Gasteiger partial charge in [-0.25, -0.2) is 4.99 Å². The maximum atomic E-state index is 6.32. The zero-order chi connectivity index (χ0) is 19.2. The monoisotopic (exact) mass is 385 g/mol. The second-order valence-electron chi connectivity index (χ2n) is 5.57. The lowest BCUT2D eigenvalue weighted by Gasteiger charge is -2.14. The van der Waals surface area contributed by atoms with Crippen LogP contribution in [-0.4, -0.2) is 46.0 Å². The molecule has 26 heavy (non-hydrogen) atoms. The van der Waals surface area contributed by atoms with Crippen LogP contribution in [0.2, 0.25) is 5.02 Å². The summed E-state index contributed by atoms with van der Waals surface area (Å²) in [5, 5.41) is 7.12. The number of halogens is 1. The summed E-state index contributed by atoms with van der Waals surface area (Å²) < 4.78 is 16.3. The SMILES string of the molecule is CCNC(=NCc1cc(Cl)c(OCC)c(OC)c1)NCCCCOCC. The average molecular weight is 386 g/mol. The molecule has 148 valence electrons. The van der Waals surface area contributed by atoms with E-state index in [1.165, 1.54) is 0 Å². The van der Waals surface area contributed by atoms with Gasteiger partial charge in [0.1, 0.15) is 0 Å². The van der Waals surface area contributed by atoms with Gasteiger partial charge in [0, 0.05) is 26.3 Å². The Morgan fingerprint density at radius 1 is 1.12 bits per heavy atom. The smallest absolute Gasteiger partial charge is 0.191 e. The molecule has 0 bridgehead atoms. The van der Waals surface area contributed by atoms with E-state index < -0.39 is 0 Å². The number of nitrogens with one attached hydrogen (secondary N) is 2. The molecule has 0 aliphatic rings. The number of hydrogen-bond acceptors (Lipinski definition) is 4. The minimum atomic E-state index is 0.497. The highest BCUT2D eigenvalue weighted by Gasteiger charge is 2.11. The number of aliphatic imine (C=N–C) groups is 1. The van der Waals surface area contributed by atoms with Crippen molar-refractivity contribution in [3.8, 4) is 11.5 Å². The zero-order valence-corrected chi connectivity index (χ0v) is 17.1. The van der Waals surface area contributed by atoms with Crippen LogP contribution in [0.4, 0.5) is 0 Å². The van der Waals surface area contributed by atoms with Crippen molar-refractivity contribution in [1.82, 2.24) is 10.6 Å². The van der Waals surface area contributed by atoms with Crippen molar-refractivity contribution in [1.29, 1.82) is 0 Å². The number of unbranched alkanes of at least 4 members (excludes halogenated alkanes) is 1. The van der Waals surface area contributed by atoms with Crippen LogP contribution in [0.1, 0.15) is 39.2 Å². The molecule has 0 saturated carbocycles. The Hall–Kier alpha value is -1.66. The third-order valence-corrected chi connectivity index (χ3v) is 3.83. The van der Waals surface area contributed by atoms with Crippen molar-refractivity contribution in [2.75, 3.05) is 40.0 Å². The molecular weight excluding hydrogens is 354 g/mol. The van der Waals surface area contributed by atoms with Gasteiger partial charge in [0.05, 0.1) is 25.3 Å². The van der Waals surface area contributed by atoms with Crippen molar-refractivity contribution >= 4 is 17.6 Å². The molecule has 2 N–H and O–H groups in total. The highest BCUT2D eigenvalue weighted by atomic mass is 35.5. The third-order valence-electron chi connectivity index (χ3n) is 3.55. The van der Waals surface area contributed by atoms with Gasteiger partial charge in [-0.15, -0.1) is 0 Å². The van der Waals surface area contributed by atoms with Gasteiger partial charge < -0.3 is 24.8 Å². The van der Waals surface area contributed by atoms with E-state index in [0.29, 0.717) is 29.7 Å². The summed E-state index contributed by atoms with van der Waals surface area (Å²) in [7, 11) is 1.61. The maximum absolute atomic E-state index is 6.32. The Bertz CT molecular complexity index is 553. The lowest BCUT2D eigenvalue weighted by atomic mass is 10.2. The number of rotatable bonds is 12. The summed E-state index contributed by atoms with van der Waals surface area (Å²) in [5.41, 5.74) is 0.962.